The summed E-state index contributed by atoms with van der Waals surface area (Å²) in [7, 11) is 0. The third kappa shape index (κ3) is 3.95. The number of amides is 1. The summed E-state index contributed by atoms with van der Waals surface area (Å²) in [5.74, 6) is -0.250. The van der Waals surface area contributed by atoms with Crippen molar-refractivity contribution in [3.05, 3.63) is 76.4 Å². The molecule has 102 valence electrons. The van der Waals surface area contributed by atoms with Gasteiger partial charge in [-0.05, 0) is 35.9 Å². The molecule has 0 saturated heterocycles. The first kappa shape index (κ1) is 14.3. The Balaban J connectivity index is 2.13. The number of hydrogen-bond donors (Lipinski definition) is 2. The predicted octanol–water partition coefficient (Wildman–Crippen LogP) is 3.10. The molecule has 0 heterocycles. The van der Waals surface area contributed by atoms with E-state index in [1.807, 2.05) is 18.2 Å². The summed E-state index contributed by atoms with van der Waals surface area (Å²) in [5.41, 5.74) is 1.83. The van der Waals surface area contributed by atoms with Crippen molar-refractivity contribution in [1.29, 1.82) is 0 Å². The summed E-state index contributed by atoms with van der Waals surface area (Å²) < 4.78 is 0. The molecule has 0 spiro atoms. The molecule has 3 nitrogen and oxygen atoms in total. The van der Waals surface area contributed by atoms with Gasteiger partial charge in [0.05, 0.1) is 6.61 Å². The molecule has 2 aromatic rings. The fourth-order valence-electron chi connectivity index (χ4n) is 1.69. The van der Waals surface area contributed by atoms with E-state index in [0.717, 1.165) is 5.56 Å². The van der Waals surface area contributed by atoms with Crippen molar-refractivity contribution in [2.45, 2.75) is 0 Å². The molecule has 0 radical (unpaired) electrons. The van der Waals surface area contributed by atoms with Crippen molar-refractivity contribution in [3.8, 4) is 0 Å². The highest BCUT2D eigenvalue weighted by molar-refractivity contribution is 6.30. The lowest BCUT2D eigenvalue weighted by Gasteiger charge is -2.07. The van der Waals surface area contributed by atoms with Gasteiger partial charge in [-0.2, -0.15) is 0 Å². The largest absolute Gasteiger partial charge is 0.390 e. The van der Waals surface area contributed by atoms with Crippen LogP contribution in [0.2, 0.25) is 5.02 Å². The molecule has 0 fully saturated rings. The molecule has 2 rings (SSSR count). The number of hydrogen-bond acceptors (Lipinski definition) is 2. The van der Waals surface area contributed by atoms with E-state index in [1.54, 1.807) is 42.5 Å². The van der Waals surface area contributed by atoms with Gasteiger partial charge in [-0.1, -0.05) is 41.9 Å². The Bertz CT molecular complexity index is 606. The second-order valence-electron chi connectivity index (χ2n) is 4.20. The zero-order valence-corrected chi connectivity index (χ0v) is 11.5. The molecule has 0 atom stereocenters. The SMILES string of the molecule is O=C(N/C(=C\c1ccc(Cl)cc1)CO)c1ccccc1. The zero-order chi connectivity index (χ0) is 14.4. The van der Waals surface area contributed by atoms with Gasteiger partial charge >= 0.3 is 0 Å². The molecular formula is C16H14ClNO2. The summed E-state index contributed by atoms with van der Waals surface area (Å²) >= 11 is 5.81. The second kappa shape index (κ2) is 6.89. The molecule has 2 aromatic carbocycles. The highest BCUT2D eigenvalue weighted by Crippen LogP contribution is 2.12. The van der Waals surface area contributed by atoms with Crippen LogP contribution in [0.25, 0.3) is 6.08 Å². The first-order chi connectivity index (χ1) is 9.69. The number of aliphatic hydroxyl groups is 1. The van der Waals surface area contributed by atoms with E-state index in [-0.39, 0.29) is 12.5 Å². The molecule has 0 aliphatic carbocycles. The number of benzene rings is 2. The van der Waals surface area contributed by atoms with Gasteiger partial charge in [-0.25, -0.2) is 0 Å². The van der Waals surface area contributed by atoms with Gasteiger partial charge in [0.15, 0.2) is 0 Å². The van der Waals surface area contributed by atoms with Gasteiger partial charge in [0.25, 0.3) is 5.91 Å². The third-order valence-electron chi connectivity index (χ3n) is 2.69. The van der Waals surface area contributed by atoms with E-state index in [1.165, 1.54) is 0 Å². The minimum absolute atomic E-state index is 0.249. The smallest absolute Gasteiger partial charge is 0.255 e. The molecule has 1 amide bonds. The summed E-state index contributed by atoms with van der Waals surface area (Å²) in [6, 6.07) is 16.0. The lowest BCUT2D eigenvalue weighted by Crippen LogP contribution is -2.24. The van der Waals surface area contributed by atoms with E-state index >= 15 is 0 Å². The fraction of sp³-hybridized carbons (Fsp3) is 0.0625. The maximum Gasteiger partial charge on any atom is 0.255 e. The first-order valence-electron chi connectivity index (χ1n) is 6.12. The van der Waals surface area contributed by atoms with Crippen LogP contribution in [0.3, 0.4) is 0 Å². The first-order valence-corrected chi connectivity index (χ1v) is 6.50. The molecule has 2 N–H and O–H groups in total. The Kier molecular flexibility index (Phi) is 4.93. The summed E-state index contributed by atoms with van der Waals surface area (Å²) in [6.07, 6.45) is 1.71. The normalized spacial score (nSPS) is 11.2. The maximum absolute atomic E-state index is 12.0. The predicted molar refractivity (Wildman–Crippen MR) is 80.4 cm³/mol. The van der Waals surface area contributed by atoms with Crippen LogP contribution >= 0.6 is 11.6 Å². The van der Waals surface area contributed by atoms with Gasteiger partial charge < -0.3 is 10.4 Å². The van der Waals surface area contributed by atoms with Crippen LogP contribution in [0.5, 0.6) is 0 Å². The van der Waals surface area contributed by atoms with E-state index in [4.69, 9.17) is 11.6 Å². The third-order valence-corrected chi connectivity index (χ3v) is 2.94. The van der Waals surface area contributed by atoms with E-state index in [0.29, 0.717) is 16.3 Å². The standard InChI is InChI=1S/C16H14ClNO2/c17-14-8-6-12(7-9-14)10-15(11-19)18-16(20)13-4-2-1-3-5-13/h1-10,19H,11H2,(H,18,20)/b15-10-. The fourth-order valence-corrected chi connectivity index (χ4v) is 1.81. The van der Waals surface area contributed by atoms with Crippen LogP contribution in [0.1, 0.15) is 15.9 Å². The van der Waals surface area contributed by atoms with Crippen LogP contribution in [0, 0.1) is 0 Å². The minimum atomic E-state index is -0.250. The number of halogens is 1. The summed E-state index contributed by atoms with van der Waals surface area (Å²) in [4.78, 5) is 12.0. The molecule has 0 aliphatic heterocycles. The highest BCUT2D eigenvalue weighted by Gasteiger charge is 2.06. The molecular weight excluding hydrogens is 274 g/mol. The maximum atomic E-state index is 12.0. The zero-order valence-electron chi connectivity index (χ0n) is 10.7. The van der Waals surface area contributed by atoms with Crippen molar-refractivity contribution in [3.63, 3.8) is 0 Å². The van der Waals surface area contributed by atoms with Gasteiger partial charge in [0, 0.05) is 16.3 Å². The second-order valence-corrected chi connectivity index (χ2v) is 4.64. The average molecular weight is 288 g/mol. The van der Waals surface area contributed by atoms with Crippen LogP contribution < -0.4 is 5.32 Å². The molecule has 20 heavy (non-hydrogen) atoms. The number of nitrogens with one attached hydrogen (secondary N) is 1. The van der Waals surface area contributed by atoms with Gasteiger partial charge in [-0.15, -0.1) is 0 Å². The van der Waals surface area contributed by atoms with E-state index in [9.17, 15) is 9.90 Å². The topological polar surface area (TPSA) is 49.3 Å². The van der Waals surface area contributed by atoms with Crippen molar-refractivity contribution >= 4 is 23.6 Å². The molecule has 0 saturated carbocycles. The average Bonchev–Trinajstić information content (AvgIpc) is 2.49. The minimum Gasteiger partial charge on any atom is -0.390 e. The van der Waals surface area contributed by atoms with Crippen LogP contribution in [-0.2, 0) is 0 Å². The summed E-state index contributed by atoms with van der Waals surface area (Å²) in [6.45, 7) is -0.249. The molecule has 4 heteroatoms. The lowest BCUT2D eigenvalue weighted by molar-refractivity contribution is 0.0960. The van der Waals surface area contributed by atoms with E-state index < -0.39 is 0 Å². The molecule has 0 aliphatic rings. The quantitative estimate of drug-likeness (QED) is 0.908. The number of carbonyl (C=O) groups is 1. The number of rotatable bonds is 4. The van der Waals surface area contributed by atoms with Gasteiger partial charge in [0.1, 0.15) is 0 Å². The Morgan fingerprint density at radius 2 is 1.75 bits per heavy atom. The number of aliphatic hydroxyl groups excluding tert-OH is 1. The number of carbonyl (C=O) groups excluding carboxylic acids is 1. The van der Waals surface area contributed by atoms with Crippen LogP contribution in [0.15, 0.2) is 60.3 Å². The Morgan fingerprint density at radius 1 is 1.10 bits per heavy atom. The van der Waals surface area contributed by atoms with Crippen molar-refractivity contribution in [1.82, 2.24) is 5.32 Å². The van der Waals surface area contributed by atoms with Crippen LogP contribution in [0.4, 0.5) is 0 Å². The lowest BCUT2D eigenvalue weighted by atomic mass is 10.1. The molecule has 0 aromatic heterocycles. The molecule has 0 unspecified atom stereocenters. The summed E-state index contributed by atoms with van der Waals surface area (Å²) in [5, 5.41) is 12.7. The van der Waals surface area contributed by atoms with Crippen molar-refractivity contribution < 1.29 is 9.90 Å². The van der Waals surface area contributed by atoms with Crippen molar-refractivity contribution in [2.75, 3.05) is 6.61 Å². The Morgan fingerprint density at radius 3 is 2.35 bits per heavy atom. The molecule has 0 bridgehead atoms. The highest BCUT2D eigenvalue weighted by atomic mass is 35.5. The van der Waals surface area contributed by atoms with Gasteiger partial charge in [-0.3, -0.25) is 4.79 Å². The van der Waals surface area contributed by atoms with E-state index in [2.05, 4.69) is 5.32 Å². The van der Waals surface area contributed by atoms with Gasteiger partial charge in [0.2, 0.25) is 0 Å². The van der Waals surface area contributed by atoms with Crippen molar-refractivity contribution in [2.24, 2.45) is 0 Å². The Hall–Kier alpha value is -2.10. The Labute approximate surface area is 122 Å². The monoisotopic (exact) mass is 287 g/mol. The van der Waals surface area contributed by atoms with Crippen LogP contribution in [-0.4, -0.2) is 17.6 Å².